The summed E-state index contributed by atoms with van der Waals surface area (Å²) in [7, 11) is -3.17. The van der Waals surface area contributed by atoms with Gasteiger partial charge in [0.1, 0.15) is 18.4 Å². The number of carbonyl (C=O) groups excluding carboxylic acids is 4. The summed E-state index contributed by atoms with van der Waals surface area (Å²) < 4.78 is 47.3. The fourth-order valence-corrected chi connectivity index (χ4v) is 7.79. The van der Waals surface area contributed by atoms with Gasteiger partial charge in [0.25, 0.3) is 5.91 Å². The minimum Gasteiger partial charge on any atom is -0.494 e. The highest BCUT2D eigenvalue weighted by Gasteiger charge is 2.29. The van der Waals surface area contributed by atoms with E-state index in [0.717, 1.165) is 30.0 Å². The predicted octanol–water partition coefficient (Wildman–Crippen LogP) is 3.40. The van der Waals surface area contributed by atoms with Crippen molar-refractivity contribution >= 4 is 50.8 Å². The van der Waals surface area contributed by atoms with E-state index in [1.807, 2.05) is 35.0 Å². The van der Waals surface area contributed by atoms with Crippen LogP contribution in [0.3, 0.4) is 0 Å². The van der Waals surface area contributed by atoms with Gasteiger partial charge in [-0.3, -0.25) is 19.1 Å². The Bertz CT molecular complexity index is 2320. The molecule has 0 aliphatic heterocycles. The summed E-state index contributed by atoms with van der Waals surface area (Å²) in [6, 6.07) is 17.7. The number of rotatable bonds is 22. The molecule has 0 aliphatic carbocycles. The number of nitrogens with zero attached hydrogens (tertiary/aromatic N) is 4. The molecule has 19 heteroatoms. The minimum atomic E-state index is -4.29. The maximum absolute atomic E-state index is 13.7. The zero-order chi connectivity index (χ0) is 42.9. The SMILES string of the molecule is COC(=O)C(CNC(=O)c1ccc2c(cnn2CCCNc2ncccn2)c1)NS(=O)(=O)c1c(C)cc(OCCCC(=O)NCCNC(=O)OCc2ccccc2)cc1C. The Labute approximate surface area is 347 Å². The monoisotopic (exact) mass is 843 g/mol. The molecule has 3 amide bonds. The maximum atomic E-state index is 13.7. The van der Waals surface area contributed by atoms with Crippen molar-refractivity contribution in [2.24, 2.45) is 0 Å². The zero-order valence-electron chi connectivity index (χ0n) is 33.6. The summed E-state index contributed by atoms with van der Waals surface area (Å²) in [5.41, 5.74) is 2.70. The molecule has 5 aromatic rings. The third-order valence-electron chi connectivity index (χ3n) is 9.00. The van der Waals surface area contributed by atoms with Gasteiger partial charge in [0.2, 0.25) is 21.9 Å². The van der Waals surface area contributed by atoms with E-state index in [0.29, 0.717) is 47.9 Å². The van der Waals surface area contributed by atoms with Gasteiger partial charge < -0.3 is 35.5 Å². The van der Waals surface area contributed by atoms with E-state index in [1.165, 1.54) is 0 Å². The Hall–Kier alpha value is -6.60. The predicted molar refractivity (Wildman–Crippen MR) is 222 cm³/mol. The van der Waals surface area contributed by atoms with Crippen LogP contribution in [0.5, 0.6) is 5.75 Å². The number of anilines is 1. The number of hydrogen-bond acceptors (Lipinski definition) is 13. The molecule has 0 radical (unpaired) electrons. The highest BCUT2D eigenvalue weighted by Crippen LogP contribution is 2.26. The smallest absolute Gasteiger partial charge is 0.407 e. The molecular formula is C41H49N9O9S. The van der Waals surface area contributed by atoms with E-state index >= 15 is 0 Å². The summed E-state index contributed by atoms with van der Waals surface area (Å²) >= 11 is 0. The van der Waals surface area contributed by atoms with Gasteiger partial charge in [-0.1, -0.05) is 30.3 Å². The lowest BCUT2D eigenvalue weighted by Gasteiger charge is -2.20. The lowest BCUT2D eigenvalue weighted by molar-refractivity contribution is -0.142. The Balaban J connectivity index is 1.06. The van der Waals surface area contributed by atoms with Crippen molar-refractivity contribution < 1.29 is 41.8 Å². The highest BCUT2D eigenvalue weighted by molar-refractivity contribution is 7.89. The van der Waals surface area contributed by atoms with Crippen LogP contribution in [-0.4, -0.2) is 98.0 Å². The first-order chi connectivity index (χ1) is 28.9. The van der Waals surface area contributed by atoms with Gasteiger partial charge in [0.05, 0.1) is 30.3 Å². The van der Waals surface area contributed by atoms with Crippen LogP contribution in [-0.2, 0) is 42.2 Å². The van der Waals surface area contributed by atoms with Crippen LogP contribution in [0.2, 0.25) is 0 Å². The number of nitrogens with one attached hydrogen (secondary N) is 5. The van der Waals surface area contributed by atoms with E-state index in [9.17, 15) is 27.6 Å². The standard InChI is InChI=1S/C41H49N9O9S/c1-28-22-33(58-21-7-12-36(51)42-18-19-46-41(54)59-27-30-10-5-4-6-11-30)23-29(2)37(28)60(55,56)49-34(39(53)57-3)26-47-38(52)31-13-14-35-32(24-31)25-48-50(35)20-9-17-45-40-43-15-8-16-44-40/h4-6,8,10-11,13-16,22-25,34,49H,7,9,12,17-21,26-27H2,1-3H3,(H,42,51)(H,46,54)(H,47,52)(H,43,44,45). The van der Waals surface area contributed by atoms with Crippen LogP contribution in [0.1, 0.15) is 46.3 Å². The molecule has 60 heavy (non-hydrogen) atoms. The summed E-state index contributed by atoms with van der Waals surface area (Å²) in [6.07, 6.45) is 5.70. The van der Waals surface area contributed by atoms with Gasteiger partial charge in [0.15, 0.2) is 0 Å². The van der Waals surface area contributed by atoms with Crippen LogP contribution in [0.25, 0.3) is 10.9 Å². The van der Waals surface area contributed by atoms with Gasteiger partial charge in [-0.05, 0) is 79.8 Å². The number of ether oxygens (including phenoxy) is 3. The van der Waals surface area contributed by atoms with Crippen LogP contribution >= 0.6 is 0 Å². The number of methoxy groups -OCH3 is 1. The summed E-state index contributed by atoms with van der Waals surface area (Å²) in [5.74, 6) is -0.690. The van der Waals surface area contributed by atoms with Crippen LogP contribution in [0, 0.1) is 13.8 Å². The molecule has 2 aromatic heterocycles. The molecule has 318 valence electrons. The van der Waals surface area contributed by atoms with Gasteiger partial charge in [-0.25, -0.2) is 23.2 Å². The molecule has 0 spiro atoms. The number of esters is 1. The van der Waals surface area contributed by atoms with Crippen LogP contribution in [0.15, 0.2) is 90.2 Å². The summed E-state index contributed by atoms with van der Waals surface area (Å²) in [5, 5.41) is 16.3. The minimum absolute atomic E-state index is 0.0568. The first kappa shape index (κ1) is 44.5. The highest BCUT2D eigenvalue weighted by atomic mass is 32.2. The molecule has 0 saturated carbocycles. The Morgan fingerprint density at radius 2 is 1.58 bits per heavy atom. The maximum Gasteiger partial charge on any atom is 0.407 e. The average molecular weight is 844 g/mol. The molecule has 5 N–H and O–H groups in total. The second-order valence-electron chi connectivity index (χ2n) is 13.6. The number of amides is 3. The molecule has 1 atom stereocenters. The number of carbonyl (C=O) groups is 4. The normalized spacial score (nSPS) is 11.7. The summed E-state index contributed by atoms with van der Waals surface area (Å²) in [6.45, 7) is 4.81. The molecule has 0 fully saturated rings. The van der Waals surface area contributed by atoms with Crippen molar-refractivity contribution in [2.45, 2.75) is 57.2 Å². The topological polar surface area (TPSA) is 234 Å². The van der Waals surface area contributed by atoms with Gasteiger partial charge in [-0.2, -0.15) is 9.82 Å². The Morgan fingerprint density at radius 1 is 0.850 bits per heavy atom. The van der Waals surface area contributed by atoms with Crippen molar-refractivity contribution in [1.82, 2.24) is 40.4 Å². The van der Waals surface area contributed by atoms with E-state index in [2.05, 4.69) is 41.1 Å². The number of hydrogen-bond donors (Lipinski definition) is 5. The van der Waals surface area contributed by atoms with Crippen molar-refractivity contribution in [1.29, 1.82) is 0 Å². The van der Waals surface area contributed by atoms with Gasteiger partial charge >= 0.3 is 12.1 Å². The fraction of sp³-hybridized carbons (Fsp3) is 0.341. The number of fused-ring (bicyclic) bond motifs is 1. The lowest BCUT2D eigenvalue weighted by Crippen LogP contribution is -2.49. The molecule has 18 nitrogen and oxygen atoms in total. The summed E-state index contributed by atoms with van der Waals surface area (Å²) in [4.78, 5) is 58.2. The van der Waals surface area contributed by atoms with Crippen molar-refractivity contribution in [2.75, 3.05) is 45.2 Å². The first-order valence-corrected chi connectivity index (χ1v) is 20.7. The third kappa shape index (κ3) is 13.2. The Kier molecular flexibility index (Phi) is 16.3. The van der Waals surface area contributed by atoms with E-state index in [4.69, 9.17) is 14.2 Å². The van der Waals surface area contributed by atoms with Crippen molar-refractivity contribution in [3.05, 3.63) is 108 Å². The average Bonchev–Trinajstić information content (AvgIpc) is 3.65. The molecule has 0 aliphatic rings. The number of aromatic nitrogens is 4. The molecule has 1 unspecified atom stereocenters. The number of benzene rings is 3. The third-order valence-corrected chi connectivity index (χ3v) is 10.8. The molecule has 3 aromatic carbocycles. The first-order valence-electron chi connectivity index (χ1n) is 19.2. The van der Waals surface area contributed by atoms with E-state index in [1.54, 1.807) is 68.8 Å². The van der Waals surface area contributed by atoms with Gasteiger partial charge in [-0.15, -0.1) is 0 Å². The second kappa shape index (κ2) is 22.0. The number of sulfonamides is 1. The largest absolute Gasteiger partial charge is 0.494 e. The Morgan fingerprint density at radius 3 is 2.32 bits per heavy atom. The number of alkyl carbamates (subject to hydrolysis) is 1. The van der Waals surface area contributed by atoms with Crippen LogP contribution in [0.4, 0.5) is 10.7 Å². The molecule has 0 bridgehead atoms. The van der Waals surface area contributed by atoms with Crippen molar-refractivity contribution in [3.63, 3.8) is 0 Å². The van der Waals surface area contributed by atoms with Crippen LogP contribution < -0.4 is 30.7 Å². The quantitative estimate of drug-likeness (QED) is 0.0497. The zero-order valence-corrected chi connectivity index (χ0v) is 34.4. The molecule has 0 saturated heterocycles. The molecule has 2 heterocycles. The van der Waals surface area contributed by atoms with Crippen molar-refractivity contribution in [3.8, 4) is 5.75 Å². The van der Waals surface area contributed by atoms with Gasteiger partial charge in [0, 0.05) is 62.5 Å². The fourth-order valence-electron chi connectivity index (χ4n) is 6.15. The number of aryl methyl sites for hydroxylation is 3. The molecular weight excluding hydrogens is 795 g/mol. The lowest BCUT2D eigenvalue weighted by atomic mass is 10.1. The molecule has 5 rings (SSSR count). The van der Waals surface area contributed by atoms with E-state index < -0.39 is 34.0 Å². The second-order valence-corrected chi connectivity index (χ2v) is 15.2. The van der Waals surface area contributed by atoms with E-state index in [-0.39, 0.29) is 50.1 Å².